The second kappa shape index (κ2) is 7.10. The summed E-state index contributed by atoms with van der Waals surface area (Å²) in [5.41, 5.74) is 5.05. The average Bonchev–Trinajstić information content (AvgIpc) is 2.65. The molecule has 0 aliphatic carbocycles. The normalized spacial score (nSPS) is 13.6. The molecule has 2 aromatic rings. The Kier molecular flexibility index (Phi) is 4.72. The minimum absolute atomic E-state index is 0.0542. The summed E-state index contributed by atoms with van der Waals surface area (Å²) in [6.07, 6.45) is 4.12. The van der Waals surface area contributed by atoms with E-state index in [0.29, 0.717) is 18.7 Å². The molecule has 0 unspecified atom stereocenters. The van der Waals surface area contributed by atoms with E-state index in [1.54, 1.807) is 34.7 Å². The smallest absolute Gasteiger partial charge is 0.274 e. The topological polar surface area (TPSA) is 69.6 Å². The van der Waals surface area contributed by atoms with E-state index in [9.17, 15) is 9.59 Å². The van der Waals surface area contributed by atoms with E-state index in [-0.39, 0.29) is 5.91 Å². The zero-order valence-electron chi connectivity index (χ0n) is 13.1. The van der Waals surface area contributed by atoms with Crippen LogP contribution in [0.5, 0.6) is 0 Å². The molecule has 3 rings (SSSR count). The molecule has 0 atom stereocenters. The van der Waals surface area contributed by atoms with E-state index in [2.05, 4.69) is 0 Å². The highest BCUT2D eigenvalue weighted by Crippen LogP contribution is 2.21. The Hall–Kier alpha value is -2.92. The maximum Gasteiger partial charge on any atom is 0.274 e. The number of hydroxylamine groups is 1. The van der Waals surface area contributed by atoms with Gasteiger partial charge >= 0.3 is 0 Å². The second-order valence-electron chi connectivity index (χ2n) is 5.68. The number of nitrogens with one attached hydrogen (secondary N) is 1. The van der Waals surface area contributed by atoms with Crippen LogP contribution in [0, 0.1) is 0 Å². The van der Waals surface area contributed by atoms with Crippen LogP contribution in [0.15, 0.2) is 54.6 Å². The van der Waals surface area contributed by atoms with Gasteiger partial charge in [0.1, 0.15) is 0 Å². The molecule has 0 radical (unpaired) electrons. The van der Waals surface area contributed by atoms with Crippen LogP contribution >= 0.6 is 0 Å². The first-order chi connectivity index (χ1) is 11.7. The molecule has 2 amide bonds. The van der Waals surface area contributed by atoms with Crippen LogP contribution in [-0.4, -0.2) is 28.5 Å². The van der Waals surface area contributed by atoms with Crippen molar-refractivity contribution >= 4 is 17.9 Å². The maximum atomic E-state index is 12.4. The monoisotopic (exact) mass is 322 g/mol. The molecule has 2 N–H and O–H groups in total. The van der Waals surface area contributed by atoms with Crippen molar-refractivity contribution in [1.82, 2.24) is 10.4 Å². The molecule has 0 saturated heterocycles. The molecular formula is C19H18N2O3. The number of fused-ring (bicyclic) bond motifs is 1. The van der Waals surface area contributed by atoms with E-state index in [4.69, 9.17) is 5.21 Å². The number of amides is 2. The Labute approximate surface area is 140 Å². The fraction of sp³-hybridized carbons (Fsp3) is 0.158. The summed E-state index contributed by atoms with van der Waals surface area (Å²) in [4.78, 5) is 25.6. The first-order valence-corrected chi connectivity index (χ1v) is 7.75. The van der Waals surface area contributed by atoms with Gasteiger partial charge in [-0.05, 0) is 41.3 Å². The van der Waals surface area contributed by atoms with Crippen molar-refractivity contribution in [1.29, 1.82) is 0 Å². The number of hydrogen-bond acceptors (Lipinski definition) is 3. The summed E-state index contributed by atoms with van der Waals surface area (Å²) in [7, 11) is 0. The maximum absolute atomic E-state index is 12.4. The predicted octanol–water partition coefficient (Wildman–Crippen LogP) is 2.40. The Morgan fingerprint density at radius 1 is 1.08 bits per heavy atom. The van der Waals surface area contributed by atoms with Gasteiger partial charge in [0.2, 0.25) is 5.91 Å². The molecule has 5 nitrogen and oxygen atoms in total. The van der Waals surface area contributed by atoms with Gasteiger partial charge in [-0.15, -0.1) is 0 Å². The number of nitrogens with zero attached hydrogens (tertiary/aromatic N) is 1. The summed E-state index contributed by atoms with van der Waals surface area (Å²) < 4.78 is 0. The third kappa shape index (κ3) is 3.52. The Balaban J connectivity index is 1.73. The van der Waals surface area contributed by atoms with Crippen LogP contribution in [0.1, 0.15) is 27.0 Å². The third-order valence-electron chi connectivity index (χ3n) is 4.11. The molecule has 1 aliphatic heterocycles. The average molecular weight is 322 g/mol. The standard InChI is InChI=1S/C19H18N2O3/c22-18(9-6-14-4-2-1-3-5-14)21-11-10-15-7-8-16(19(23)20-24)12-17(15)13-21/h1-9,12,24H,10-11,13H2,(H,20,23). The SMILES string of the molecule is O=C(NO)c1ccc2c(c1)CN(C(=O)C=Cc1ccccc1)CC2. The molecule has 24 heavy (non-hydrogen) atoms. The van der Waals surface area contributed by atoms with Crippen molar-refractivity contribution in [2.75, 3.05) is 6.54 Å². The largest absolute Gasteiger partial charge is 0.334 e. The first-order valence-electron chi connectivity index (χ1n) is 7.75. The first kappa shape index (κ1) is 16.0. The minimum Gasteiger partial charge on any atom is -0.334 e. The zero-order chi connectivity index (χ0) is 16.9. The van der Waals surface area contributed by atoms with E-state index >= 15 is 0 Å². The zero-order valence-corrected chi connectivity index (χ0v) is 13.1. The molecular weight excluding hydrogens is 304 g/mol. The highest BCUT2D eigenvalue weighted by molar-refractivity contribution is 5.94. The fourth-order valence-electron chi connectivity index (χ4n) is 2.79. The van der Waals surface area contributed by atoms with Crippen LogP contribution in [0.2, 0.25) is 0 Å². The Bertz CT molecular complexity index is 784. The molecule has 2 aromatic carbocycles. The lowest BCUT2D eigenvalue weighted by Gasteiger charge is -2.28. The lowest BCUT2D eigenvalue weighted by atomic mass is 9.97. The van der Waals surface area contributed by atoms with Crippen molar-refractivity contribution < 1.29 is 14.8 Å². The highest BCUT2D eigenvalue weighted by Gasteiger charge is 2.20. The molecule has 0 spiro atoms. The van der Waals surface area contributed by atoms with Crippen molar-refractivity contribution in [2.45, 2.75) is 13.0 Å². The van der Waals surface area contributed by atoms with E-state index in [1.165, 1.54) is 0 Å². The lowest BCUT2D eigenvalue weighted by molar-refractivity contribution is -0.126. The van der Waals surface area contributed by atoms with Gasteiger partial charge in [0.15, 0.2) is 0 Å². The quantitative estimate of drug-likeness (QED) is 0.518. The molecule has 0 aromatic heterocycles. The van der Waals surface area contributed by atoms with E-state index in [0.717, 1.165) is 23.1 Å². The molecule has 0 fully saturated rings. The van der Waals surface area contributed by atoms with Crippen LogP contribution in [0.4, 0.5) is 0 Å². The summed E-state index contributed by atoms with van der Waals surface area (Å²) in [5, 5.41) is 8.74. The van der Waals surface area contributed by atoms with Crippen molar-refractivity contribution in [2.24, 2.45) is 0 Å². The van der Waals surface area contributed by atoms with Gasteiger partial charge in [-0.3, -0.25) is 14.8 Å². The molecule has 0 saturated carbocycles. The van der Waals surface area contributed by atoms with Crippen LogP contribution in [0.25, 0.3) is 6.08 Å². The van der Waals surface area contributed by atoms with Gasteiger partial charge in [-0.1, -0.05) is 36.4 Å². The highest BCUT2D eigenvalue weighted by atomic mass is 16.5. The fourth-order valence-corrected chi connectivity index (χ4v) is 2.79. The second-order valence-corrected chi connectivity index (χ2v) is 5.68. The van der Waals surface area contributed by atoms with Crippen molar-refractivity contribution in [3.63, 3.8) is 0 Å². The number of carbonyl (C=O) groups excluding carboxylic acids is 2. The molecule has 1 heterocycles. The van der Waals surface area contributed by atoms with E-state index < -0.39 is 5.91 Å². The van der Waals surface area contributed by atoms with Gasteiger partial charge in [0, 0.05) is 24.7 Å². The summed E-state index contributed by atoms with van der Waals surface area (Å²) in [5.74, 6) is -0.605. The molecule has 0 bridgehead atoms. The van der Waals surface area contributed by atoms with Crippen molar-refractivity contribution in [3.05, 3.63) is 76.9 Å². The van der Waals surface area contributed by atoms with Gasteiger partial charge in [-0.2, -0.15) is 0 Å². The third-order valence-corrected chi connectivity index (χ3v) is 4.11. The van der Waals surface area contributed by atoms with Crippen LogP contribution < -0.4 is 5.48 Å². The van der Waals surface area contributed by atoms with Crippen LogP contribution in [0.3, 0.4) is 0 Å². The summed E-state index contributed by atoms with van der Waals surface area (Å²) in [6.45, 7) is 1.11. The molecule has 1 aliphatic rings. The predicted molar refractivity (Wildman–Crippen MR) is 90.3 cm³/mol. The lowest BCUT2D eigenvalue weighted by Crippen LogP contribution is -2.35. The summed E-state index contributed by atoms with van der Waals surface area (Å²) >= 11 is 0. The number of rotatable bonds is 3. The van der Waals surface area contributed by atoms with Gasteiger partial charge in [0.25, 0.3) is 5.91 Å². The van der Waals surface area contributed by atoms with Crippen molar-refractivity contribution in [3.8, 4) is 0 Å². The summed E-state index contributed by atoms with van der Waals surface area (Å²) in [6, 6.07) is 14.9. The molecule has 122 valence electrons. The molecule has 5 heteroatoms. The van der Waals surface area contributed by atoms with Gasteiger partial charge < -0.3 is 4.90 Å². The number of carbonyl (C=O) groups is 2. The van der Waals surface area contributed by atoms with Gasteiger partial charge in [0.05, 0.1) is 0 Å². The van der Waals surface area contributed by atoms with Crippen LogP contribution in [-0.2, 0) is 17.8 Å². The van der Waals surface area contributed by atoms with E-state index in [1.807, 2.05) is 36.4 Å². The number of hydrogen-bond donors (Lipinski definition) is 2. The number of benzene rings is 2. The Morgan fingerprint density at radius 3 is 2.62 bits per heavy atom. The van der Waals surface area contributed by atoms with Gasteiger partial charge in [-0.25, -0.2) is 5.48 Å². The Morgan fingerprint density at radius 2 is 1.88 bits per heavy atom. The minimum atomic E-state index is -0.551.